The molecule has 2 rings (SSSR count). The standard InChI is InChI=1S/C17H28N2O/c1-13(9-10-19(2)3)18-16-11-15(12-16)14-5-7-17(20-4)8-6-14/h5-8,13,15-16,18H,9-12H2,1-4H3. The van der Waals surface area contributed by atoms with Crippen LogP contribution < -0.4 is 10.1 Å². The van der Waals surface area contributed by atoms with Gasteiger partial charge in [-0.1, -0.05) is 12.1 Å². The predicted octanol–water partition coefficient (Wildman–Crippen LogP) is 2.87. The molecule has 1 saturated carbocycles. The fourth-order valence-corrected chi connectivity index (χ4v) is 2.84. The summed E-state index contributed by atoms with van der Waals surface area (Å²) in [6, 6.07) is 9.84. The van der Waals surface area contributed by atoms with Crippen LogP contribution in [-0.2, 0) is 0 Å². The third kappa shape index (κ3) is 4.22. The number of hydrogen-bond donors (Lipinski definition) is 1. The Labute approximate surface area is 123 Å². The molecular formula is C17H28N2O. The average molecular weight is 276 g/mol. The second-order valence-electron chi connectivity index (χ2n) is 6.30. The third-order valence-electron chi connectivity index (χ3n) is 4.25. The first kappa shape index (κ1) is 15.3. The van der Waals surface area contributed by atoms with Crippen molar-refractivity contribution in [2.45, 2.75) is 44.2 Å². The second kappa shape index (κ2) is 7.09. The highest BCUT2D eigenvalue weighted by molar-refractivity contribution is 5.30. The predicted molar refractivity (Wildman–Crippen MR) is 84.5 cm³/mol. The Morgan fingerprint density at radius 1 is 1.25 bits per heavy atom. The van der Waals surface area contributed by atoms with Gasteiger partial charge in [0.2, 0.25) is 0 Å². The molecule has 0 aliphatic heterocycles. The van der Waals surface area contributed by atoms with Crippen molar-refractivity contribution in [3.05, 3.63) is 29.8 Å². The molecular weight excluding hydrogens is 248 g/mol. The molecule has 112 valence electrons. The average Bonchev–Trinajstić information content (AvgIpc) is 2.40. The lowest BCUT2D eigenvalue weighted by Crippen LogP contribution is -2.45. The summed E-state index contributed by atoms with van der Waals surface area (Å²) >= 11 is 0. The van der Waals surface area contributed by atoms with Crippen LogP contribution in [0.1, 0.15) is 37.7 Å². The number of nitrogens with zero attached hydrogens (tertiary/aromatic N) is 1. The van der Waals surface area contributed by atoms with Crippen LogP contribution in [0.2, 0.25) is 0 Å². The van der Waals surface area contributed by atoms with Gasteiger partial charge in [0, 0.05) is 12.1 Å². The molecule has 0 amide bonds. The molecule has 1 unspecified atom stereocenters. The molecule has 0 saturated heterocycles. The van der Waals surface area contributed by atoms with Gasteiger partial charge in [0.1, 0.15) is 5.75 Å². The number of nitrogens with one attached hydrogen (secondary N) is 1. The van der Waals surface area contributed by atoms with Crippen molar-refractivity contribution in [1.29, 1.82) is 0 Å². The van der Waals surface area contributed by atoms with Gasteiger partial charge < -0.3 is 15.0 Å². The molecule has 1 aromatic rings. The zero-order valence-corrected chi connectivity index (χ0v) is 13.2. The summed E-state index contributed by atoms with van der Waals surface area (Å²) in [5.41, 5.74) is 1.45. The van der Waals surface area contributed by atoms with E-state index in [1.807, 2.05) is 0 Å². The zero-order chi connectivity index (χ0) is 14.5. The highest BCUT2D eigenvalue weighted by atomic mass is 16.5. The smallest absolute Gasteiger partial charge is 0.118 e. The molecule has 0 spiro atoms. The van der Waals surface area contributed by atoms with Gasteiger partial charge in [-0.3, -0.25) is 0 Å². The first-order valence-corrected chi connectivity index (χ1v) is 7.63. The Morgan fingerprint density at radius 3 is 2.45 bits per heavy atom. The van der Waals surface area contributed by atoms with Gasteiger partial charge >= 0.3 is 0 Å². The first-order chi connectivity index (χ1) is 9.58. The molecule has 0 aromatic heterocycles. The number of rotatable bonds is 7. The second-order valence-corrected chi connectivity index (χ2v) is 6.30. The minimum absolute atomic E-state index is 0.610. The lowest BCUT2D eigenvalue weighted by Gasteiger charge is -2.38. The Balaban J connectivity index is 1.71. The van der Waals surface area contributed by atoms with E-state index in [4.69, 9.17) is 4.74 Å². The SMILES string of the molecule is COc1ccc(C2CC(NC(C)CCN(C)C)C2)cc1. The van der Waals surface area contributed by atoms with E-state index in [0.717, 1.165) is 18.2 Å². The van der Waals surface area contributed by atoms with Gasteiger partial charge in [0.25, 0.3) is 0 Å². The monoisotopic (exact) mass is 276 g/mol. The van der Waals surface area contributed by atoms with Crippen molar-refractivity contribution in [2.75, 3.05) is 27.7 Å². The zero-order valence-electron chi connectivity index (χ0n) is 13.2. The molecule has 1 N–H and O–H groups in total. The van der Waals surface area contributed by atoms with E-state index in [2.05, 4.69) is 55.5 Å². The molecule has 3 nitrogen and oxygen atoms in total. The molecule has 1 aromatic carbocycles. The van der Waals surface area contributed by atoms with Crippen LogP contribution in [0.25, 0.3) is 0 Å². The van der Waals surface area contributed by atoms with E-state index < -0.39 is 0 Å². The highest BCUT2D eigenvalue weighted by Crippen LogP contribution is 2.37. The van der Waals surface area contributed by atoms with Gasteiger partial charge in [-0.2, -0.15) is 0 Å². The van der Waals surface area contributed by atoms with E-state index in [0.29, 0.717) is 12.1 Å². The quantitative estimate of drug-likeness (QED) is 0.829. The van der Waals surface area contributed by atoms with Gasteiger partial charge in [-0.05, 0) is 70.4 Å². The normalized spacial score (nSPS) is 23.4. The fraction of sp³-hybridized carbons (Fsp3) is 0.647. The summed E-state index contributed by atoms with van der Waals surface area (Å²) in [7, 11) is 5.99. The molecule has 0 radical (unpaired) electrons. The maximum Gasteiger partial charge on any atom is 0.118 e. The molecule has 1 aliphatic rings. The van der Waals surface area contributed by atoms with Gasteiger partial charge in [0.05, 0.1) is 7.11 Å². The molecule has 1 atom stereocenters. The van der Waals surface area contributed by atoms with Crippen molar-refractivity contribution in [2.24, 2.45) is 0 Å². The summed E-state index contributed by atoms with van der Waals surface area (Å²) < 4.78 is 5.20. The van der Waals surface area contributed by atoms with Crippen molar-refractivity contribution in [3.8, 4) is 5.75 Å². The summed E-state index contributed by atoms with van der Waals surface area (Å²) in [6.45, 7) is 3.45. The van der Waals surface area contributed by atoms with Crippen LogP contribution in [0.5, 0.6) is 5.75 Å². The van der Waals surface area contributed by atoms with E-state index >= 15 is 0 Å². The molecule has 1 fully saturated rings. The van der Waals surface area contributed by atoms with Gasteiger partial charge in [-0.25, -0.2) is 0 Å². The third-order valence-corrected chi connectivity index (χ3v) is 4.25. The number of hydrogen-bond acceptors (Lipinski definition) is 3. The topological polar surface area (TPSA) is 24.5 Å². The summed E-state index contributed by atoms with van der Waals surface area (Å²) in [5, 5.41) is 3.74. The summed E-state index contributed by atoms with van der Waals surface area (Å²) in [5.74, 6) is 1.67. The number of ether oxygens (including phenoxy) is 1. The van der Waals surface area contributed by atoms with Crippen LogP contribution in [0, 0.1) is 0 Å². The van der Waals surface area contributed by atoms with Gasteiger partial charge in [-0.15, -0.1) is 0 Å². The van der Waals surface area contributed by atoms with E-state index in [1.165, 1.54) is 24.8 Å². The minimum atomic E-state index is 0.610. The van der Waals surface area contributed by atoms with E-state index in [9.17, 15) is 0 Å². The molecule has 0 bridgehead atoms. The van der Waals surface area contributed by atoms with Crippen LogP contribution in [0.4, 0.5) is 0 Å². The van der Waals surface area contributed by atoms with Crippen LogP contribution in [-0.4, -0.2) is 44.7 Å². The largest absolute Gasteiger partial charge is 0.497 e. The summed E-state index contributed by atoms with van der Waals surface area (Å²) in [4.78, 5) is 2.25. The Bertz CT molecular complexity index is 396. The highest BCUT2D eigenvalue weighted by Gasteiger charge is 2.30. The van der Waals surface area contributed by atoms with Crippen LogP contribution >= 0.6 is 0 Å². The van der Waals surface area contributed by atoms with Crippen LogP contribution in [0.3, 0.4) is 0 Å². The van der Waals surface area contributed by atoms with Crippen molar-refractivity contribution < 1.29 is 4.74 Å². The lowest BCUT2D eigenvalue weighted by molar-refractivity contribution is 0.255. The summed E-state index contributed by atoms with van der Waals surface area (Å²) in [6.07, 6.45) is 3.74. The minimum Gasteiger partial charge on any atom is -0.497 e. The van der Waals surface area contributed by atoms with Crippen LogP contribution in [0.15, 0.2) is 24.3 Å². The Morgan fingerprint density at radius 2 is 1.90 bits per heavy atom. The van der Waals surface area contributed by atoms with Gasteiger partial charge in [0.15, 0.2) is 0 Å². The Hall–Kier alpha value is -1.06. The molecule has 1 aliphatic carbocycles. The molecule has 0 heterocycles. The van der Waals surface area contributed by atoms with E-state index in [1.54, 1.807) is 7.11 Å². The molecule has 3 heteroatoms. The number of benzene rings is 1. The van der Waals surface area contributed by atoms with Crippen molar-refractivity contribution in [3.63, 3.8) is 0 Å². The Kier molecular flexibility index (Phi) is 5.44. The van der Waals surface area contributed by atoms with Crippen molar-refractivity contribution in [1.82, 2.24) is 10.2 Å². The number of methoxy groups -OCH3 is 1. The molecule has 20 heavy (non-hydrogen) atoms. The lowest BCUT2D eigenvalue weighted by atomic mass is 9.75. The van der Waals surface area contributed by atoms with Crippen molar-refractivity contribution >= 4 is 0 Å². The maximum atomic E-state index is 5.20. The first-order valence-electron chi connectivity index (χ1n) is 7.63. The van der Waals surface area contributed by atoms with E-state index in [-0.39, 0.29) is 0 Å². The fourth-order valence-electron chi connectivity index (χ4n) is 2.84. The maximum absolute atomic E-state index is 5.20.